The van der Waals surface area contributed by atoms with E-state index >= 15 is 0 Å². The Kier molecular flexibility index (Phi) is 4.50. The van der Waals surface area contributed by atoms with Gasteiger partial charge in [-0.1, -0.05) is 20.8 Å². The minimum absolute atomic E-state index is 0.0841. The molecule has 0 amide bonds. The van der Waals surface area contributed by atoms with Crippen LogP contribution in [0.4, 0.5) is 0 Å². The third-order valence-electron chi connectivity index (χ3n) is 2.82. The number of ketones is 1. The van der Waals surface area contributed by atoms with Crippen molar-refractivity contribution < 1.29 is 9.53 Å². The molecule has 0 atom stereocenters. The Labute approximate surface area is 118 Å². The molecule has 0 aliphatic rings. The first kappa shape index (κ1) is 14.2. The fraction of sp³-hybridized carbons (Fsp3) is 0.400. The number of fused-ring (bicyclic) bond motifs is 1. The second-order valence-corrected chi connectivity index (χ2v) is 5.00. The van der Waals surface area contributed by atoms with Crippen LogP contribution >= 0.6 is 0 Å². The topological polar surface area (TPSA) is 67.9 Å². The summed E-state index contributed by atoms with van der Waals surface area (Å²) in [5.74, 6) is 1.05. The fourth-order valence-corrected chi connectivity index (χ4v) is 1.74. The van der Waals surface area contributed by atoms with Crippen molar-refractivity contribution in [1.82, 2.24) is 15.0 Å². The summed E-state index contributed by atoms with van der Waals surface area (Å²) in [6.07, 6.45) is 7.12. The molecule has 2 aromatic heterocycles. The van der Waals surface area contributed by atoms with Crippen LogP contribution in [0, 0.1) is 5.92 Å². The minimum Gasteiger partial charge on any atom is -0.477 e. The van der Waals surface area contributed by atoms with Crippen LogP contribution in [0.15, 0.2) is 18.6 Å². The van der Waals surface area contributed by atoms with E-state index in [0.29, 0.717) is 30.5 Å². The highest BCUT2D eigenvalue weighted by molar-refractivity contribution is 5.97. The molecular formula is C15H19N3O2. The molecule has 5 heteroatoms. The van der Waals surface area contributed by atoms with E-state index in [2.05, 4.69) is 28.8 Å². The maximum Gasteiger partial charge on any atom is 0.226 e. The zero-order chi connectivity index (χ0) is 14.5. The Morgan fingerprint density at radius 2 is 2.25 bits per heavy atom. The number of nitrogens with one attached hydrogen (secondary N) is 1. The number of aromatic nitrogens is 3. The van der Waals surface area contributed by atoms with E-state index in [1.54, 1.807) is 18.3 Å². The predicted octanol–water partition coefficient (Wildman–Crippen LogP) is 2.99. The summed E-state index contributed by atoms with van der Waals surface area (Å²) in [7, 11) is 0. The Morgan fingerprint density at radius 1 is 1.45 bits per heavy atom. The van der Waals surface area contributed by atoms with Gasteiger partial charge in [0.25, 0.3) is 0 Å². The molecule has 0 aliphatic carbocycles. The van der Waals surface area contributed by atoms with Crippen LogP contribution in [0.25, 0.3) is 17.1 Å². The van der Waals surface area contributed by atoms with E-state index in [1.807, 2.05) is 6.92 Å². The van der Waals surface area contributed by atoms with E-state index in [9.17, 15) is 4.79 Å². The summed E-state index contributed by atoms with van der Waals surface area (Å²) in [6, 6.07) is 0. The lowest BCUT2D eigenvalue weighted by molar-refractivity contribution is -0.114. The molecule has 0 fully saturated rings. The quantitative estimate of drug-likeness (QED) is 0.821. The highest BCUT2D eigenvalue weighted by Gasteiger charge is 2.11. The zero-order valence-electron chi connectivity index (χ0n) is 12.0. The normalized spacial score (nSPS) is 11.6. The summed E-state index contributed by atoms with van der Waals surface area (Å²) in [4.78, 5) is 22.8. The molecule has 0 radical (unpaired) electrons. The minimum atomic E-state index is 0.0841. The molecule has 2 aromatic rings. The van der Waals surface area contributed by atoms with Gasteiger partial charge in [-0.15, -0.1) is 0 Å². The molecule has 0 bridgehead atoms. The molecule has 0 aliphatic heterocycles. The van der Waals surface area contributed by atoms with Gasteiger partial charge >= 0.3 is 0 Å². The first-order valence-corrected chi connectivity index (χ1v) is 6.77. The molecule has 0 saturated heterocycles. The van der Waals surface area contributed by atoms with Gasteiger partial charge in [0.2, 0.25) is 5.88 Å². The van der Waals surface area contributed by atoms with Crippen LogP contribution in [-0.4, -0.2) is 27.3 Å². The van der Waals surface area contributed by atoms with Crippen molar-refractivity contribution in [2.75, 3.05) is 6.61 Å². The molecule has 0 spiro atoms. The SMILES string of the molecule is CCC(=O)/C=C/c1c[nH]c2ncnc(OCC(C)C)c12. The van der Waals surface area contributed by atoms with Gasteiger partial charge in [0, 0.05) is 18.2 Å². The van der Waals surface area contributed by atoms with Crippen molar-refractivity contribution in [1.29, 1.82) is 0 Å². The van der Waals surface area contributed by atoms with E-state index < -0.39 is 0 Å². The van der Waals surface area contributed by atoms with Gasteiger partial charge in [-0.05, 0) is 18.1 Å². The Bertz CT molecular complexity index is 629. The Balaban J connectivity index is 2.36. The molecular weight excluding hydrogens is 254 g/mol. The summed E-state index contributed by atoms with van der Waals surface area (Å²) in [5.41, 5.74) is 1.57. The standard InChI is InChI=1S/C15H19N3O2/c1-4-12(19)6-5-11-7-16-14-13(11)15(18-9-17-14)20-8-10(2)3/h5-7,9-10H,4,8H2,1-3H3,(H,16,17,18)/b6-5+. The monoisotopic (exact) mass is 273 g/mol. The number of carbonyl (C=O) groups excluding carboxylic acids is 1. The fourth-order valence-electron chi connectivity index (χ4n) is 1.74. The van der Waals surface area contributed by atoms with Gasteiger partial charge in [-0.25, -0.2) is 9.97 Å². The van der Waals surface area contributed by atoms with Crippen molar-refractivity contribution in [3.05, 3.63) is 24.2 Å². The van der Waals surface area contributed by atoms with Crippen LogP contribution in [0.5, 0.6) is 5.88 Å². The average Bonchev–Trinajstić information content (AvgIpc) is 2.86. The van der Waals surface area contributed by atoms with Crippen LogP contribution in [0.2, 0.25) is 0 Å². The number of H-pyrrole nitrogens is 1. The molecule has 0 unspecified atom stereocenters. The smallest absolute Gasteiger partial charge is 0.226 e. The van der Waals surface area contributed by atoms with E-state index in [1.165, 1.54) is 6.33 Å². The lowest BCUT2D eigenvalue weighted by Crippen LogP contribution is -2.06. The number of nitrogens with zero attached hydrogens (tertiary/aromatic N) is 2. The molecule has 5 nitrogen and oxygen atoms in total. The molecule has 106 valence electrons. The first-order valence-electron chi connectivity index (χ1n) is 6.77. The van der Waals surface area contributed by atoms with E-state index in [0.717, 1.165) is 10.9 Å². The van der Waals surface area contributed by atoms with E-state index in [4.69, 9.17) is 4.74 Å². The maximum absolute atomic E-state index is 11.4. The summed E-state index contributed by atoms with van der Waals surface area (Å²) in [5, 5.41) is 0.813. The van der Waals surface area contributed by atoms with Gasteiger partial charge in [0.15, 0.2) is 5.78 Å². The van der Waals surface area contributed by atoms with Gasteiger partial charge in [-0.3, -0.25) is 4.79 Å². The first-order chi connectivity index (χ1) is 9.61. The maximum atomic E-state index is 11.4. The van der Waals surface area contributed by atoms with Crippen molar-refractivity contribution in [3.63, 3.8) is 0 Å². The Morgan fingerprint density at radius 3 is 2.95 bits per heavy atom. The second kappa shape index (κ2) is 6.32. The third-order valence-corrected chi connectivity index (χ3v) is 2.82. The summed E-state index contributed by atoms with van der Waals surface area (Å²) >= 11 is 0. The van der Waals surface area contributed by atoms with Gasteiger partial charge in [0.1, 0.15) is 12.0 Å². The van der Waals surface area contributed by atoms with Crippen molar-refractivity contribution in [2.24, 2.45) is 5.92 Å². The number of allylic oxidation sites excluding steroid dienone is 1. The number of hydrogen-bond donors (Lipinski definition) is 1. The molecule has 0 aromatic carbocycles. The molecule has 20 heavy (non-hydrogen) atoms. The van der Waals surface area contributed by atoms with Crippen LogP contribution in [-0.2, 0) is 4.79 Å². The van der Waals surface area contributed by atoms with Crippen LogP contribution < -0.4 is 4.74 Å². The lowest BCUT2D eigenvalue weighted by atomic mass is 10.2. The molecule has 2 heterocycles. The average molecular weight is 273 g/mol. The lowest BCUT2D eigenvalue weighted by Gasteiger charge is -2.08. The number of aromatic amines is 1. The van der Waals surface area contributed by atoms with Crippen molar-refractivity contribution in [3.8, 4) is 5.88 Å². The largest absolute Gasteiger partial charge is 0.477 e. The number of carbonyl (C=O) groups is 1. The molecule has 2 rings (SSSR count). The van der Waals surface area contributed by atoms with Crippen molar-refractivity contribution >= 4 is 22.9 Å². The second-order valence-electron chi connectivity index (χ2n) is 5.00. The van der Waals surface area contributed by atoms with Crippen molar-refractivity contribution in [2.45, 2.75) is 27.2 Å². The highest BCUT2D eigenvalue weighted by atomic mass is 16.5. The van der Waals surface area contributed by atoms with Crippen LogP contribution in [0.3, 0.4) is 0 Å². The van der Waals surface area contributed by atoms with Crippen LogP contribution in [0.1, 0.15) is 32.8 Å². The number of hydrogen-bond acceptors (Lipinski definition) is 4. The predicted molar refractivity (Wildman–Crippen MR) is 78.6 cm³/mol. The molecule has 1 N–H and O–H groups in total. The zero-order valence-corrected chi connectivity index (χ0v) is 12.0. The Hall–Kier alpha value is -2.17. The highest BCUT2D eigenvalue weighted by Crippen LogP contribution is 2.26. The third kappa shape index (κ3) is 3.23. The van der Waals surface area contributed by atoms with Gasteiger partial charge in [-0.2, -0.15) is 0 Å². The van der Waals surface area contributed by atoms with Gasteiger partial charge in [0.05, 0.1) is 12.0 Å². The molecule has 0 saturated carbocycles. The van der Waals surface area contributed by atoms with Gasteiger partial charge < -0.3 is 9.72 Å². The number of ether oxygens (including phenoxy) is 1. The number of rotatable bonds is 6. The summed E-state index contributed by atoms with van der Waals surface area (Å²) in [6.45, 7) is 6.59. The summed E-state index contributed by atoms with van der Waals surface area (Å²) < 4.78 is 5.72. The van der Waals surface area contributed by atoms with E-state index in [-0.39, 0.29) is 5.78 Å².